The van der Waals surface area contributed by atoms with E-state index in [1.165, 1.54) is 15.3 Å². The van der Waals surface area contributed by atoms with Crippen LogP contribution >= 0.6 is 11.3 Å². The molecule has 1 spiro atoms. The lowest BCUT2D eigenvalue weighted by Gasteiger charge is -2.49. The number of aliphatic hydroxyl groups excluding tert-OH is 1. The third kappa shape index (κ3) is 4.56. The van der Waals surface area contributed by atoms with Crippen LogP contribution in [-0.2, 0) is 6.54 Å². The molecule has 32 heavy (non-hydrogen) atoms. The van der Waals surface area contributed by atoms with Gasteiger partial charge in [0, 0.05) is 48.7 Å². The number of anilines is 1. The van der Waals surface area contributed by atoms with Gasteiger partial charge in [-0.05, 0) is 54.5 Å². The Morgan fingerprint density at radius 2 is 1.94 bits per heavy atom. The zero-order chi connectivity index (χ0) is 22.0. The molecule has 1 atom stereocenters. The van der Waals surface area contributed by atoms with Crippen LogP contribution in [0, 0.1) is 16.7 Å². The molecule has 0 saturated carbocycles. The number of aromatic nitrogens is 1. The fourth-order valence-electron chi connectivity index (χ4n) is 5.26. The second kappa shape index (κ2) is 9.03. The van der Waals surface area contributed by atoms with Gasteiger partial charge in [-0.1, -0.05) is 30.3 Å². The lowest BCUT2D eigenvalue weighted by Crippen LogP contribution is -2.53. The number of piperidine rings is 2. The molecule has 1 aromatic carbocycles. The average Bonchev–Trinajstić information content (AvgIpc) is 3.28. The van der Waals surface area contributed by atoms with Crippen molar-refractivity contribution in [3.05, 3.63) is 71.2 Å². The highest BCUT2D eigenvalue weighted by Crippen LogP contribution is 2.41. The van der Waals surface area contributed by atoms with Gasteiger partial charge in [-0.25, -0.2) is 4.98 Å². The lowest BCUT2D eigenvalue weighted by atomic mass is 9.71. The van der Waals surface area contributed by atoms with Crippen LogP contribution in [0.4, 0.5) is 5.82 Å². The van der Waals surface area contributed by atoms with Crippen LogP contribution in [-0.4, -0.2) is 47.3 Å². The predicted octanol–water partition coefficient (Wildman–Crippen LogP) is 4.54. The molecule has 1 N–H and O–H groups in total. The first-order valence-corrected chi connectivity index (χ1v) is 12.1. The Balaban J connectivity index is 1.24. The average molecular weight is 445 g/mol. The molecule has 2 aliphatic rings. The van der Waals surface area contributed by atoms with E-state index in [0.717, 1.165) is 57.8 Å². The Morgan fingerprint density at radius 1 is 1.12 bits per heavy atom. The molecule has 0 radical (unpaired) electrons. The Morgan fingerprint density at radius 3 is 2.72 bits per heavy atom. The number of likely N-dealkylation sites (tertiary alicyclic amines) is 1. The SMILES string of the molecule is N#Cc1ccnc(N2CCC3(CC2)CC(O)CN(Cc2ccc(-c4ccccc4)s2)C3)c1. The van der Waals surface area contributed by atoms with E-state index >= 15 is 0 Å². The topological polar surface area (TPSA) is 63.4 Å². The van der Waals surface area contributed by atoms with Crippen LogP contribution in [0.15, 0.2) is 60.8 Å². The number of β-amino-alcohol motifs (C(OH)–C–C–N with tert-alkyl or cyclic N) is 1. The molecule has 0 aliphatic carbocycles. The summed E-state index contributed by atoms with van der Waals surface area (Å²) >= 11 is 1.85. The molecule has 5 rings (SSSR count). The largest absolute Gasteiger partial charge is 0.392 e. The van der Waals surface area contributed by atoms with Gasteiger partial charge in [0.05, 0.1) is 17.7 Å². The van der Waals surface area contributed by atoms with Crippen LogP contribution < -0.4 is 4.90 Å². The molecule has 6 heteroatoms. The van der Waals surface area contributed by atoms with Gasteiger partial charge in [-0.2, -0.15) is 5.26 Å². The van der Waals surface area contributed by atoms with Gasteiger partial charge in [0.15, 0.2) is 0 Å². The summed E-state index contributed by atoms with van der Waals surface area (Å²) in [5.41, 5.74) is 2.07. The van der Waals surface area contributed by atoms with E-state index in [-0.39, 0.29) is 11.5 Å². The van der Waals surface area contributed by atoms with Crippen molar-refractivity contribution in [3.8, 4) is 16.5 Å². The summed E-state index contributed by atoms with van der Waals surface area (Å²) < 4.78 is 0. The van der Waals surface area contributed by atoms with Gasteiger partial charge in [0.2, 0.25) is 0 Å². The Bertz CT molecular complexity index is 1100. The van der Waals surface area contributed by atoms with Gasteiger partial charge >= 0.3 is 0 Å². The predicted molar refractivity (Wildman–Crippen MR) is 128 cm³/mol. The zero-order valence-corrected chi connectivity index (χ0v) is 19.0. The number of rotatable bonds is 4. The number of hydrogen-bond acceptors (Lipinski definition) is 6. The Kier molecular flexibility index (Phi) is 5.97. The summed E-state index contributed by atoms with van der Waals surface area (Å²) in [6.07, 6.45) is 4.40. The van der Waals surface area contributed by atoms with Gasteiger partial charge in [-0.15, -0.1) is 11.3 Å². The first-order chi connectivity index (χ1) is 15.6. The number of hydrogen-bond donors (Lipinski definition) is 1. The van der Waals surface area contributed by atoms with E-state index in [0.29, 0.717) is 5.56 Å². The van der Waals surface area contributed by atoms with Gasteiger partial charge in [0.25, 0.3) is 0 Å². The van der Waals surface area contributed by atoms with Crippen molar-refractivity contribution in [2.75, 3.05) is 31.1 Å². The lowest BCUT2D eigenvalue weighted by molar-refractivity contribution is -0.0248. The monoisotopic (exact) mass is 444 g/mol. The van der Waals surface area contributed by atoms with Crippen LogP contribution in [0.3, 0.4) is 0 Å². The summed E-state index contributed by atoms with van der Waals surface area (Å²) in [5, 5.41) is 19.9. The number of nitrogens with zero attached hydrogens (tertiary/aromatic N) is 4. The summed E-state index contributed by atoms with van der Waals surface area (Å²) in [5.74, 6) is 0.888. The molecule has 0 amide bonds. The summed E-state index contributed by atoms with van der Waals surface area (Å²) in [6.45, 7) is 4.50. The molecule has 2 aliphatic heterocycles. The molecule has 3 aromatic rings. The molecular formula is C26H28N4OS. The first-order valence-electron chi connectivity index (χ1n) is 11.3. The van der Waals surface area contributed by atoms with E-state index in [4.69, 9.17) is 0 Å². The van der Waals surface area contributed by atoms with Crippen LogP contribution in [0.25, 0.3) is 10.4 Å². The van der Waals surface area contributed by atoms with Crippen LogP contribution in [0.2, 0.25) is 0 Å². The van der Waals surface area contributed by atoms with E-state index in [1.54, 1.807) is 12.3 Å². The molecular weight excluding hydrogens is 416 g/mol. The maximum atomic E-state index is 10.7. The fraction of sp³-hybridized carbons (Fsp3) is 0.385. The Labute approximate surface area is 193 Å². The minimum atomic E-state index is -0.274. The van der Waals surface area contributed by atoms with Crippen LogP contribution in [0.1, 0.15) is 29.7 Å². The maximum Gasteiger partial charge on any atom is 0.129 e. The molecule has 4 heterocycles. The summed E-state index contributed by atoms with van der Waals surface area (Å²) in [4.78, 5) is 11.8. The van der Waals surface area contributed by atoms with E-state index < -0.39 is 0 Å². The molecule has 2 aromatic heterocycles. The minimum Gasteiger partial charge on any atom is -0.392 e. The van der Waals surface area contributed by atoms with Crippen molar-refractivity contribution in [2.24, 2.45) is 5.41 Å². The molecule has 1 unspecified atom stereocenters. The Hall–Kier alpha value is -2.72. The number of benzene rings is 1. The van der Waals surface area contributed by atoms with Crippen molar-refractivity contribution in [1.29, 1.82) is 5.26 Å². The highest BCUT2D eigenvalue weighted by atomic mass is 32.1. The smallest absolute Gasteiger partial charge is 0.129 e. The number of thiophene rings is 1. The zero-order valence-electron chi connectivity index (χ0n) is 18.2. The van der Waals surface area contributed by atoms with Crippen molar-refractivity contribution in [1.82, 2.24) is 9.88 Å². The van der Waals surface area contributed by atoms with Gasteiger partial charge in [-0.3, -0.25) is 4.90 Å². The van der Waals surface area contributed by atoms with Crippen molar-refractivity contribution < 1.29 is 5.11 Å². The van der Waals surface area contributed by atoms with Gasteiger partial charge in [0.1, 0.15) is 5.82 Å². The first kappa shape index (κ1) is 21.1. The third-order valence-corrected chi connectivity index (χ3v) is 7.94. The normalized spacial score (nSPS) is 20.9. The third-order valence-electron chi connectivity index (χ3n) is 6.82. The molecule has 2 fully saturated rings. The van der Waals surface area contributed by atoms with Crippen molar-refractivity contribution >= 4 is 17.2 Å². The standard InChI is InChI=1S/C26H28N4OS/c27-16-20-8-11-28-25(14-20)30-12-9-26(10-13-30)15-22(31)17-29(19-26)18-23-6-7-24(32-23)21-4-2-1-3-5-21/h1-8,11,14,22,31H,9-10,12-13,15,17-19H2. The van der Waals surface area contributed by atoms with Crippen molar-refractivity contribution in [2.45, 2.75) is 31.9 Å². The fourth-order valence-corrected chi connectivity index (χ4v) is 6.32. The van der Waals surface area contributed by atoms with E-state index in [9.17, 15) is 10.4 Å². The number of pyridine rings is 1. The second-order valence-corrected chi connectivity index (χ2v) is 10.3. The molecule has 0 bridgehead atoms. The number of nitriles is 1. The quantitative estimate of drug-likeness (QED) is 0.640. The number of aliphatic hydroxyl groups is 1. The summed E-state index contributed by atoms with van der Waals surface area (Å²) in [7, 11) is 0. The van der Waals surface area contributed by atoms with Crippen LogP contribution in [0.5, 0.6) is 0 Å². The molecule has 5 nitrogen and oxygen atoms in total. The summed E-state index contributed by atoms with van der Waals surface area (Å²) in [6, 6.07) is 20.8. The molecule has 164 valence electrons. The van der Waals surface area contributed by atoms with Gasteiger partial charge < -0.3 is 10.0 Å². The molecule has 2 saturated heterocycles. The van der Waals surface area contributed by atoms with Crippen molar-refractivity contribution in [3.63, 3.8) is 0 Å². The van der Waals surface area contributed by atoms with E-state index in [1.807, 2.05) is 23.5 Å². The highest BCUT2D eigenvalue weighted by molar-refractivity contribution is 7.15. The minimum absolute atomic E-state index is 0.153. The van der Waals surface area contributed by atoms with E-state index in [2.05, 4.69) is 57.3 Å². The highest BCUT2D eigenvalue weighted by Gasteiger charge is 2.41. The second-order valence-electron chi connectivity index (χ2n) is 9.16. The maximum absolute atomic E-state index is 10.7.